The monoisotopic (exact) mass is 412 g/mol. The van der Waals surface area contributed by atoms with Crippen LogP contribution in [0.5, 0.6) is 5.75 Å². The van der Waals surface area contributed by atoms with Gasteiger partial charge in [-0.15, -0.1) is 0 Å². The molecule has 0 atom stereocenters. The highest BCUT2D eigenvalue weighted by atomic mass is 16.5. The highest BCUT2D eigenvalue weighted by molar-refractivity contribution is 6.11. The quantitative estimate of drug-likeness (QED) is 0.428. The molecule has 6 nitrogen and oxygen atoms in total. The Kier molecular flexibility index (Phi) is 6.82. The third-order valence-corrected chi connectivity index (χ3v) is 4.62. The second kappa shape index (κ2) is 9.90. The molecule has 3 aromatic rings. The number of aromatic carboxylic acids is 1. The summed E-state index contributed by atoms with van der Waals surface area (Å²) >= 11 is 0. The average molecular weight is 412 g/mol. The minimum atomic E-state index is -1.17. The number of benzene rings is 3. The molecule has 3 rings (SSSR count). The molecule has 0 bridgehead atoms. The van der Waals surface area contributed by atoms with E-state index in [1.165, 1.54) is 18.2 Å². The van der Waals surface area contributed by atoms with Crippen LogP contribution in [0, 0.1) is 18.3 Å². The van der Waals surface area contributed by atoms with E-state index in [1.807, 2.05) is 37.3 Å². The van der Waals surface area contributed by atoms with E-state index in [-0.39, 0.29) is 16.8 Å². The van der Waals surface area contributed by atoms with Gasteiger partial charge >= 0.3 is 5.97 Å². The second-order valence-electron chi connectivity index (χ2n) is 6.76. The van der Waals surface area contributed by atoms with Crippen molar-refractivity contribution in [2.24, 2.45) is 0 Å². The van der Waals surface area contributed by atoms with E-state index >= 15 is 0 Å². The van der Waals surface area contributed by atoms with Crippen LogP contribution in [0.25, 0.3) is 6.08 Å². The number of carbonyl (C=O) groups is 2. The summed E-state index contributed by atoms with van der Waals surface area (Å²) in [5.41, 5.74) is 2.81. The molecule has 0 aliphatic rings. The topological polar surface area (TPSA) is 99.4 Å². The maximum atomic E-state index is 12.5. The third-order valence-electron chi connectivity index (χ3n) is 4.62. The molecule has 0 aliphatic heterocycles. The van der Waals surface area contributed by atoms with Crippen molar-refractivity contribution in [1.82, 2.24) is 0 Å². The molecule has 3 aromatic carbocycles. The molecule has 0 aromatic heterocycles. The zero-order chi connectivity index (χ0) is 22.2. The minimum Gasteiger partial charge on any atom is -0.489 e. The van der Waals surface area contributed by atoms with Crippen LogP contribution >= 0.6 is 0 Å². The molecular formula is C25H20N2O4. The Morgan fingerprint density at radius 2 is 1.71 bits per heavy atom. The van der Waals surface area contributed by atoms with E-state index < -0.39 is 11.9 Å². The molecule has 6 heteroatoms. The van der Waals surface area contributed by atoms with Crippen LogP contribution in [0.3, 0.4) is 0 Å². The number of carboxylic acid groups (broad SMARTS) is 1. The van der Waals surface area contributed by atoms with Gasteiger partial charge in [-0.05, 0) is 54.0 Å². The Balaban J connectivity index is 1.69. The molecule has 2 N–H and O–H groups in total. The first kappa shape index (κ1) is 21.3. The lowest BCUT2D eigenvalue weighted by molar-refractivity contribution is -0.112. The Labute approximate surface area is 180 Å². The van der Waals surface area contributed by atoms with Gasteiger partial charge in [0.2, 0.25) is 0 Å². The van der Waals surface area contributed by atoms with Crippen LogP contribution in [0.2, 0.25) is 0 Å². The van der Waals surface area contributed by atoms with E-state index in [9.17, 15) is 20.0 Å². The molecule has 0 aliphatic carbocycles. The van der Waals surface area contributed by atoms with Crippen molar-refractivity contribution in [3.63, 3.8) is 0 Å². The average Bonchev–Trinajstić information content (AvgIpc) is 2.78. The number of anilines is 1. The smallest absolute Gasteiger partial charge is 0.337 e. The summed E-state index contributed by atoms with van der Waals surface area (Å²) in [5.74, 6) is -1.19. The van der Waals surface area contributed by atoms with Gasteiger partial charge in [-0.3, -0.25) is 4.79 Å². The molecule has 154 valence electrons. The maximum absolute atomic E-state index is 12.5. The van der Waals surface area contributed by atoms with Gasteiger partial charge in [-0.2, -0.15) is 5.26 Å². The molecule has 0 radical (unpaired) electrons. The molecule has 0 heterocycles. The van der Waals surface area contributed by atoms with E-state index in [4.69, 9.17) is 4.74 Å². The summed E-state index contributed by atoms with van der Waals surface area (Å²) in [5, 5.41) is 21.1. The molecule has 0 fully saturated rings. The fourth-order valence-corrected chi connectivity index (χ4v) is 2.88. The van der Waals surface area contributed by atoms with Gasteiger partial charge in [0.05, 0.1) is 11.3 Å². The van der Waals surface area contributed by atoms with Crippen LogP contribution in [0.15, 0.2) is 78.4 Å². The lowest BCUT2D eigenvalue weighted by Gasteiger charge is -2.09. The van der Waals surface area contributed by atoms with Crippen molar-refractivity contribution in [3.8, 4) is 11.8 Å². The lowest BCUT2D eigenvalue weighted by Crippen LogP contribution is -2.16. The van der Waals surface area contributed by atoms with E-state index in [0.717, 1.165) is 11.1 Å². The van der Waals surface area contributed by atoms with Crippen molar-refractivity contribution in [2.75, 3.05) is 5.32 Å². The predicted molar refractivity (Wildman–Crippen MR) is 118 cm³/mol. The molecule has 0 spiro atoms. The third kappa shape index (κ3) is 5.58. The predicted octanol–water partition coefficient (Wildman–Crippen LogP) is 4.82. The zero-order valence-corrected chi connectivity index (χ0v) is 16.8. The summed E-state index contributed by atoms with van der Waals surface area (Å²) in [7, 11) is 0. The SMILES string of the molecule is Cc1ccccc1COc1ccc(/C=C(\C#N)C(=O)Nc2ccccc2C(=O)O)cc1. The zero-order valence-electron chi connectivity index (χ0n) is 16.8. The van der Waals surface area contributed by atoms with Crippen molar-refractivity contribution in [2.45, 2.75) is 13.5 Å². The number of aryl methyl sites for hydroxylation is 1. The van der Waals surface area contributed by atoms with E-state index in [0.29, 0.717) is 17.9 Å². The van der Waals surface area contributed by atoms with Crippen LogP contribution in [0.1, 0.15) is 27.0 Å². The minimum absolute atomic E-state index is 0.0525. The number of rotatable bonds is 7. The molecule has 0 saturated carbocycles. The summed E-state index contributed by atoms with van der Waals surface area (Å²) in [6.07, 6.45) is 1.43. The Hall–Kier alpha value is -4.37. The first-order valence-corrected chi connectivity index (χ1v) is 9.51. The number of hydrogen-bond donors (Lipinski definition) is 2. The van der Waals surface area contributed by atoms with Crippen molar-refractivity contribution >= 4 is 23.6 Å². The van der Waals surface area contributed by atoms with E-state index in [2.05, 4.69) is 5.32 Å². The van der Waals surface area contributed by atoms with Crippen molar-refractivity contribution in [1.29, 1.82) is 5.26 Å². The van der Waals surface area contributed by atoms with Gasteiger partial charge in [0.15, 0.2) is 0 Å². The van der Waals surface area contributed by atoms with Gasteiger partial charge in [0, 0.05) is 0 Å². The fraction of sp³-hybridized carbons (Fsp3) is 0.0800. The number of amides is 1. The first-order chi connectivity index (χ1) is 15.0. The van der Waals surface area contributed by atoms with Crippen LogP contribution in [-0.4, -0.2) is 17.0 Å². The summed E-state index contributed by atoms with van der Waals surface area (Å²) in [6.45, 7) is 2.46. The van der Waals surface area contributed by atoms with Gasteiger partial charge in [0.1, 0.15) is 24.0 Å². The van der Waals surface area contributed by atoms with Gasteiger partial charge in [-0.25, -0.2) is 4.79 Å². The lowest BCUT2D eigenvalue weighted by atomic mass is 10.1. The van der Waals surface area contributed by atoms with E-state index in [1.54, 1.807) is 36.4 Å². The summed E-state index contributed by atoms with van der Waals surface area (Å²) in [4.78, 5) is 23.7. The standard InChI is InChI=1S/C25H20N2O4/c1-17-6-2-3-7-19(17)16-31-21-12-10-18(11-13-21)14-20(15-26)24(28)27-23-9-5-4-8-22(23)25(29)30/h2-14H,16H2,1H3,(H,27,28)(H,29,30)/b20-14+. The van der Waals surface area contributed by atoms with Crippen LogP contribution in [0.4, 0.5) is 5.69 Å². The summed E-state index contributed by atoms with van der Waals surface area (Å²) < 4.78 is 5.80. The Morgan fingerprint density at radius 1 is 1.03 bits per heavy atom. The largest absolute Gasteiger partial charge is 0.489 e. The van der Waals surface area contributed by atoms with Crippen molar-refractivity contribution in [3.05, 3.63) is 101 Å². The fourth-order valence-electron chi connectivity index (χ4n) is 2.88. The first-order valence-electron chi connectivity index (χ1n) is 9.51. The highest BCUT2D eigenvalue weighted by Crippen LogP contribution is 2.19. The molecule has 0 unspecified atom stereocenters. The number of hydrogen-bond acceptors (Lipinski definition) is 4. The number of nitrogens with zero attached hydrogens (tertiary/aromatic N) is 1. The van der Waals surface area contributed by atoms with Gasteiger partial charge < -0.3 is 15.2 Å². The van der Waals surface area contributed by atoms with Gasteiger partial charge in [0.25, 0.3) is 5.91 Å². The maximum Gasteiger partial charge on any atom is 0.337 e. The summed E-state index contributed by atoms with van der Waals surface area (Å²) in [6, 6.07) is 22.8. The Morgan fingerprint density at radius 3 is 2.39 bits per heavy atom. The molecular weight excluding hydrogens is 392 g/mol. The van der Waals surface area contributed by atoms with Gasteiger partial charge in [-0.1, -0.05) is 48.5 Å². The number of nitriles is 1. The van der Waals surface area contributed by atoms with Crippen LogP contribution < -0.4 is 10.1 Å². The normalized spacial score (nSPS) is 10.8. The highest BCUT2D eigenvalue weighted by Gasteiger charge is 2.14. The molecule has 0 saturated heterocycles. The number of nitrogens with one attached hydrogen (secondary N) is 1. The van der Waals surface area contributed by atoms with Crippen molar-refractivity contribution < 1.29 is 19.4 Å². The Bertz CT molecular complexity index is 1170. The van der Waals surface area contributed by atoms with Crippen LogP contribution in [-0.2, 0) is 11.4 Å². The number of carbonyl (C=O) groups excluding carboxylic acids is 1. The number of ether oxygens (including phenoxy) is 1. The molecule has 1 amide bonds. The number of carboxylic acids is 1. The second-order valence-corrected chi connectivity index (χ2v) is 6.76. The molecule has 31 heavy (non-hydrogen) atoms. The number of para-hydroxylation sites is 1.